The van der Waals surface area contributed by atoms with Crippen molar-refractivity contribution >= 4 is 0 Å². The highest BCUT2D eigenvalue weighted by Crippen LogP contribution is 2.14. The lowest BCUT2D eigenvalue weighted by Gasteiger charge is -2.04. The van der Waals surface area contributed by atoms with E-state index < -0.39 is 0 Å². The molecule has 0 atom stereocenters. The normalized spacial score (nSPS) is 10.6. The van der Waals surface area contributed by atoms with Gasteiger partial charge in [0.2, 0.25) is 0 Å². The average Bonchev–Trinajstić information content (AvgIpc) is 2.30. The maximum Gasteiger partial charge on any atom is 0.107 e. The fourth-order valence-electron chi connectivity index (χ4n) is 1.28. The molecule has 2 aromatic rings. The van der Waals surface area contributed by atoms with Crippen LogP contribution in [0.3, 0.4) is 0 Å². The highest BCUT2D eigenvalue weighted by molar-refractivity contribution is 5.51. The smallest absolute Gasteiger partial charge is 0.107 e. The maximum absolute atomic E-state index is 4.35. The van der Waals surface area contributed by atoms with Crippen molar-refractivity contribution < 1.29 is 0 Å². The van der Waals surface area contributed by atoms with E-state index in [-0.39, 0.29) is 0 Å². The SMILES string of the molecule is CC(C)c1cnc(-c2ccccn2)cn1. The largest absolute Gasteiger partial charge is 0.257 e. The molecule has 0 saturated heterocycles. The van der Waals surface area contributed by atoms with Gasteiger partial charge in [0.05, 0.1) is 17.6 Å². The molecule has 3 heteroatoms. The van der Waals surface area contributed by atoms with Crippen LogP contribution in [0.2, 0.25) is 0 Å². The van der Waals surface area contributed by atoms with Gasteiger partial charge in [-0.15, -0.1) is 0 Å². The Balaban J connectivity index is 2.32. The summed E-state index contributed by atoms with van der Waals surface area (Å²) in [6.45, 7) is 4.20. The first kappa shape index (κ1) is 9.77. The van der Waals surface area contributed by atoms with Gasteiger partial charge >= 0.3 is 0 Å². The van der Waals surface area contributed by atoms with Gasteiger partial charge in [0, 0.05) is 12.4 Å². The summed E-state index contributed by atoms with van der Waals surface area (Å²) in [4.78, 5) is 12.9. The van der Waals surface area contributed by atoms with Crippen LogP contribution in [0.25, 0.3) is 11.4 Å². The van der Waals surface area contributed by atoms with Gasteiger partial charge in [-0.25, -0.2) is 0 Å². The Morgan fingerprint density at radius 3 is 2.33 bits per heavy atom. The van der Waals surface area contributed by atoms with Gasteiger partial charge in [-0.2, -0.15) is 0 Å². The Kier molecular flexibility index (Phi) is 2.72. The Bertz CT molecular complexity index is 420. The van der Waals surface area contributed by atoms with E-state index >= 15 is 0 Å². The van der Waals surface area contributed by atoms with E-state index in [1.165, 1.54) is 0 Å². The third-order valence-electron chi connectivity index (χ3n) is 2.19. The van der Waals surface area contributed by atoms with Crippen molar-refractivity contribution in [2.45, 2.75) is 19.8 Å². The highest BCUT2D eigenvalue weighted by Gasteiger charge is 2.03. The molecule has 2 heterocycles. The first-order chi connectivity index (χ1) is 7.27. The number of hydrogen-bond acceptors (Lipinski definition) is 3. The molecule has 2 rings (SSSR count). The van der Waals surface area contributed by atoms with Crippen molar-refractivity contribution in [1.82, 2.24) is 15.0 Å². The first-order valence-corrected chi connectivity index (χ1v) is 5.00. The zero-order valence-electron chi connectivity index (χ0n) is 8.88. The summed E-state index contributed by atoms with van der Waals surface area (Å²) in [6.07, 6.45) is 5.35. The summed E-state index contributed by atoms with van der Waals surface area (Å²) in [7, 11) is 0. The Morgan fingerprint density at radius 1 is 0.933 bits per heavy atom. The molecule has 0 aromatic carbocycles. The van der Waals surface area contributed by atoms with Gasteiger partial charge in [0.25, 0.3) is 0 Å². The average molecular weight is 199 g/mol. The van der Waals surface area contributed by atoms with Crippen molar-refractivity contribution in [3.05, 3.63) is 42.5 Å². The van der Waals surface area contributed by atoms with E-state index in [1.807, 2.05) is 24.4 Å². The van der Waals surface area contributed by atoms with Crippen LogP contribution in [-0.4, -0.2) is 15.0 Å². The Labute approximate surface area is 89.2 Å². The predicted molar refractivity (Wildman–Crippen MR) is 59.4 cm³/mol. The zero-order valence-corrected chi connectivity index (χ0v) is 8.88. The minimum absolute atomic E-state index is 0.412. The molecule has 0 fully saturated rings. The van der Waals surface area contributed by atoms with Gasteiger partial charge in [-0.3, -0.25) is 15.0 Å². The number of rotatable bonds is 2. The number of pyridine rings is 1. The molecular formula is C12H13N3. The molecule has 0 N–H and O–H groups in total. The van der Waals surface area contributed by atoms with E-state index in [0.717, 1.165) is 17.1 Å². The zero-order chi connectivity index (χ0) is 10.7. The van der Waals surface area contributed by atoms with Gasteiger partial charge in [-0.1, -0.05) is 19.9 Å². The number of aromatic nitrogens is 3. The lowest BCUT2D eigenvalue weighted by molar-refractivity contribution is 0.812. The third kappa shape index (κ3) is 2.18. The van der Waals surface area contributed by atoms with Crippen molar-refractivity contribution in [2.75, 3.05) is 0 Å². The van der Waals surface area contributed by atoms with Crippen LogP contribution in [-0.2, 0) is 0 Å². The van der Waals surface area contributed by atoms with E-state index in [1.54, 1.807) is 12.4 Å². The van der Waals surface area contributed by atoms with Crippen LogP contribution < -0.4 is 0 Å². The third-order valence-corrected chi connectivity index (χ3v) is 2.19. The number of hydrogen-bond donors (Lipinski definition) is 0. The summed E-state index contributed by atoms with van der Waals surface area (Å²) in [6, 6.07) is 5.76. The van der Waals surface area contributed by atoms with Crippen molar-refractivity contribution in [3.8, 4) is 11.4 Å². The minimum Gasteiger partial charge on any atom is -0.257 e. The molecule has 0 bridgehead atoms. The van der Waals surface area contributed by atoms with Crippen LogP contribution in [0, 0.1) is 0 Å². The van der Waals surface area contributed by atoms with Gasteiger partial charge < -0.3 is 0 Å². The molecule has 0 amide bonds. The summed E-state index contributed by atoms with van der Waals surface area (Å²) in [5.74, 6) is 0.412. The standard InChI is InChI=1S/C12H13N3/c1-9(2)11-7-15-12(8-14-11)10-5-3-4-6-13-10/h3-9H,1-2H3. The quantitative estimate of drug-likeness (QED) is 0.746. The summed E-state index contributed by atoms with van der Waals surface area (Å²) in [5.41, 5.74) is 2.69. The summed E-state index contributed by atoms with van der Waals surface area (Å²) < 4.78 is 0. The fraction of sp³-hybridized carbons (Fsp3) is 0.250. The minimum atomic E-state index is 0.412. The van der Waals surface area contributed by atoms with Crippen molar-refractivity contribution in [1.29, 1.82) is 0 Å². The number of nitrogens with zero attached hydrogens (tertiary/aromatic N) is 3. The Morgan fingerprint density at radius 2 is 1.80 bits per heavy atom. The lowest BCUT2D eigenvalue weighted by atomic mass is 10.1. The molecule has 0 unspecified atom stereocenters. The second-order valence-corrected chi connectivity index (χ2v) is 3.70. The van der Waals surface area contributed by atoms with Crippen LogP contribution in [0.15, 0.2) is 36.8 Å². The van der Waals surface area contributed by atoms with E-state index in [4.69, 9.17) is 0 Å². The fourth-order valence-corrected chi connectivity index (χ4v) is 1.28. The maximum atomic E-state index is 4.35. The molecule has 76 valence electrons. The molecule has 0 aliphatic rings. The van der Waals surface area contributed by atoms with Crippen LogP contribution in [0.1, 0.15) is 25.5 Å². The van der Waals surface area contributed by atoms with Crippen LogP contribution >= 0.6 is 0 Å². The van der Waals surface area contributed by atoms with E-state index in [9.17, 15) is 0 Å². The molecule has 0 radical (unpaired) electrons. The molecule has 3 nitrogen and oxygen atoms in total. The van der Waals surface area contributed by atoms with Crippen LogP contribution in [0.5, 0.6) is 0 Å². The summed E-state index contributed by atoms with van der Waals surface area (Å²) in [5, 5.41) is 0. The molecule has 15 heavy (non-hydrogen) atoms. The topological polar surface area (TPSA) is 38.7 Å². The monoisotopic (exact) mass is 199 g/mol. The van der Waals surface area contributed by atoms with Crippen molar-refractivity contribution in [2.24, 2.45) is 0 Å². The molecule has 0 saturated carbocycles. The molecule has 2 aromatic heterocycles. The molecule has 0 spiro atoms. The van der Waals surface area contributed by atoms with Gasteiger partial charge in [0.15, 0.2) is 0 Å². The second kappa shape index (κ2) is 4.17. The van der Waals surface area contributed by atoms with Crippen LogP contribution in [0.4, 0.5) is 0 Å². The predicted octanol–water partition coefficient (Wildman–Crippen LogP) is 2.66. The lowest BCUT2D eigenvalue weighted by Crippen LogP contribution is -1.95. The van der Waals surface area contributed by atoms with E-state index in [2.05, 4.69) is 28.8 Å². The summed E-state index contributed by atoms with van der Waals surface area (Å²) >= 11 is 0. The molecule has 0 aliphatic heterocycles. The first-order valence-electron chi connectivity index (χ1n) is 5.00. The molecule has 0 aliphatic carbocycles. The molecular weight excluding hydrogens is 186 g/mol. The van der Waals surface area contributed by atoms with E-state index in [0.29, 0.717) is 5.92 Å². The van der Waals surface area contributed by atoms with Gasteiger partial charge in [-0.05, 0) is 18.1 Å². The van der Waals surface area contributed by atoms with Crippen molar-refractivity contribution in [3.63, 3.8) is 0 Å². The Hall–Kier alpha value is -1.77. The highest BCUT2D eigenvalue weighted by atomic mass is 14.8. The second-order valence-electron chi connectivity index (χ2n) is 3.70. The van der Waals surface area contributed by atoms with Gasteiger partial charge in [0.1, 0.15) is 5.69 Å².